The zero-order chi connectivity index (χ0) is 16.4. The molecule has 1 saturated carbocycles. The zero-order valence-electron chi connectivity index (χ0n) is 14.2. The van der Waals surface area contributed by atoms with E-state index in [9.17, 15) is 9.59 Å². The van der Waals surface area contributed by atoms with E-state index < -0.39 is 5.41 Å². The van der Waals surface area contributed by atoms with Gasteiger partial charge in [-0.25, -0.2) is 0 Å². The predicted octanol–water partition coefficient (Wildman–Crippen LogP) is 3.66. The predicted molar refractivity (Wildman–Crippen MR) is 90.0 cm³/mol. The van der Waals surface area contributed by atoms with Crippen LogP contribution in [0.5, 0.6) is 0 Å². The summed E-state index contributed by atoms with van der Waals surface area (Å²) >= 11 is 0. The first-order valence-corrected chi connectivity index (χ1v) is 9.14. The molecule has 0 aromatic carbocycles. The number of rotatable bonds is 10. The minimum Gasteiger partial charge on any atom is -0.369 e. The highest BCUT2D eigenvalue weighted by Crippen LogP contribution is 2.43. The molecule has 0 aromatic heterocycles. The van der Waals surface area contributed by atoms with Gasteiger partial charge in [0.25, 0.3) is 0 Å². The van der Waals surface area contributed by atoms with Gasteiger partial charge in [0.2, 0.25) is 11.8 Å². The van der Waals surface area contributed by atoms with Crippen LogP contribution in [0.15, 0.2) is 0 Å². The van der Waals surface area contributed by atoms with Gasteiger partial charge < -0.3 is 11.5 Å². The molecule has 1 aliphatic carbocycles. The molecule has 22 heavy (non-hydrogen) atoms. The maximum absolute atomic E-state index is 12.2. The number of primary amides is 2. The lowest BCUT2D eigenvalue weighted by atomic mass is 9.67. The van der Waals surface area contributed by atoms with Gasteiger partial charge in [0.05, 0.1) is 11.3 Å². The van der Waals surface area contributed by atoms with Crippen LogP contribution < -0.4 is 11.5 Å². The van der Waals surface area contributed by atoms with Gasteiger partial charge in [0, 0.05) is 0 Å². The van der Waals surface area contributed by atoms with Gasteiger partial charge in [0.1, 0.15) is 0 Å². The summed E-state index contributed by atoms with van der Waals surface area (Å²) < 4.78 is 0. The number of hydrogen-bond acceptors (Lipinski definition) is 2. The lowest BCUT2D eigenvalue weighted by Gasteiger charge is -2.36. The molecule has 4 nitrogen and oxygen atoms in total. The van der Waals surface area contributed by atoms with Crippen molar-refractivity contribution < 1.29 is 9.59 Å². The number of carbonyl (C=O) groups is 2. The molecule has 4 heteroatoms. The van der Waals surface area contributed by atoms with Gasteiger partial charge in [-0.15, -0.1) is 0 Å². The molecule has 2 amide bonds. The van der Waals surface area contributed by atoms with E-state index in [1.807, 2.05) is 0 Å². The summed E-state index contributed by atoms with van der Waals surface area (Å²) in [7, 11) is 0. The Labute approximate surface area is 135 Å². The lowest BCUT2D eigenvalue weighted by Crippen LogP contribution is -2.48. The number of amides is 2. The highest BCUT2D eigenvalue weighted by molar-refractivity contribution is 5.89. The quantitative estimate of drug-likeness (QED) is 0.476. The molecule has 128 valence electrons. The zero-order valence-corrected chi connectivity index (χ0v) is 14.2. The van der Waals surface area contributed by atoms with Crippen LogP contribution in [0, 0.1) is 11.3 Å². The molecule has 0 saturated heterocycles. The maximum Gasteiger partial charge on any atom is 0.224 e. The van der Waals surface area contributed by atoms with Crippen molar-refractivity contribution in [2.45, 2.75) is 90.4 Å². The Hall–Kier alpha value is -1.06. The van der Waals surface area contributed by atoms with Crippen LogP contribution in [0.25, 0.3) is 0 Å². The van der Waals surface area contributed by atoms with E-state index in [1.165, 1.54) is 25.7 Å². The van der Waals surface area contributed by atoms with Crippen molar-refractivity contribution in [2.75, 3.05) is 0 Å². The minimum absolute atomic E-state index is 0.316. The first-order valence-electron chi connectivity index (χ1n) is 9.14. The van der Waals surface area contributed by atoms with Gasteiger partial charge in [-0.05, 0) is 19.3 Å². The van der Waals surface area contributed by atoms with Crippen LogP contribution in [0.4, 0.5) is 0 Å². The van der Waals surface area contributed by atoms with Crippen LogP contribution >= 0.6 is 0 Å². The third-order valence-electron chi connectivity index (χ3n) is 5.34. The van der Waals surface area contributed by atoms with Gasteiger partial charge in [-0.1, -0.05) is 71.1 Å². The summed E-state index contributed by atoms with van der Waals surface area (Å²) in [6, 6.07) is 0. The summed E-state index contributed by atoms with van der Waals surface area (Å²) in [4.78, 5) is 24.2. The molecule has 1 atom stereocenters. The molecular formula is C18H34N2O2. The Kier molecular flexibility index (Phi) is 8.51. The lowest BCUT2D eigenvalue weighted by molar-refractivity contribution is -0.140. The van der Waals surface area contributed by atoms with E-state index in [4.69, 9.17) is 11.5 Å². The molecule has 1 fully saturated rings. The van der Waals surface area contributed by atoms with Crippen molar-refractivity contribution in [3.8, 4) is 0 Å². The van der Waals surface area contributed by atoms with E-state index in [2.05, 4.69) is 6.92 Å². The Morgan fingerprint density at radius 2 is 1.45 bits per heavy atom. The van der Waals surface area contributed by atoms with E-state index in [0.717, 1.165) is 51.4 Å². The van der Waals surface area contributed by atoms with Crippen LogP contribution in [0.2, 0.25) is 0 Å². The van der Waals surface area contributed by atoms with E-state index >= 15 is 0 Å². The Morgan fingerprint density at radius 3 is 1.95 bits per heavy atom. The minimum atomic E-state index is -0.689. The van der Waals surface area contributed by atoms with E-state index in [0.29, 0.717) is 6.42 Å². The molecular weight excluding hydrogens is 276 g/mol. The second-order valence-electron chi connectivity index (χ2n) is 6.95. The maximum atomic E-state index is 12.2. The second kappa shape index (κ2) is 9.86. The summed E-state index contributed by atoms with van der Waals surface area (Å²) in [6.07, 6.45) is 13.4. The number of nitrogens with two attached hydrogens (primary N) is 2. The Bertz CT molecular complexity index is 347. The molecule has 0 aliphatic heterocycles. The van der Waals surface area contributed by atoms with Crippen molar-refractivity contribution >= 4 is 11.8 Å². The molecule has 0 heterocycles. The third-order valence-corrected chi connectivity index (χ3v) is 5.34. The van der Waals surface area contributed by atoms with Crippen LogP contribution in [-0.4, -0.2) is 11.8 Å². The molecule has 1 rings (SSSR count). The molecule has 0 aromatic rings. The summed E-state index contributed by atoms with van der Waals surface area (Å²) in [5.74, 6) is -1.03. The Balaban J connectivity index is 2.65. The average Bonchev–Trinajstić information content (AvgIpc) is 2.73. The fourth-order valence-electron chi connectivity index (χ4n) is 3.95. The van der Waals surface area contributed by atoms with Gasteiger partial charge in [-0.2, -0.15) is 0 Å². The monoisotopic (exact) mass is 310 g/mol. The smallest absolute Gasteiger partial charge is 0.224 e. The number of hydrogen-bond donors (Lipinski definition) is 2. The largest absolute Gasteiger partial charge is 0.369 e. The van der Waals surface area contributed by atoms with Crippen molar-refractivity contribution in [3.05, 3.63) is 0 Å². The van der Waals surface area contributed by atoms with Gasteiger partial charge in [0.15, 0.2) is 0 Å². The fourth-order valence-corrected chi connectivity index (χ4v) is 3.95. The number of unbranched alkanes of at least 4 members (excludes halogenated alkanes) is 5. The van der Waals surface area contributed by atoms with Gasteiger partial charge in [-0.3, -0.25) is 9.59 Å². The van der Waals surface area contributed by atoms with Crippen LogP contribution in [-0.2, 0) is 9.59 Å². The second-order valence-corrected chi connectivity index (χ2v) is 6.95. The highest BCUT2D eigenvalue weighted by atomic mass is 16.2. The molecule has 0 bridgehead atoms. The third kappa shape index (κ3) is 5.29. The fraction of sp³-hybridized carbons (Fsp3) is 0.889. The summed E-state index contributed by atoms with van der Waals surface area (Å²) in [5, 5.41) is 0. The normalized spacial score (nSPS) is 19.3. The van der Waals surface area contributed by atoms with Crippen molar-refractivity contribution in [1.29, 1.82) is 0 Å². The standard InChI is InChI=1S/C18H34N2O2/c1-2-3-4-5-6-9-12-15(16(19)21)18(17(20)22)13-10-7-8-11-14-18/h15H,2-14H2,1H3,(H2,19,21)(H2,20,22). The summed E-state index contributed by atoms with van der Waals surface area (Å²) in [5.41, 5.74) is 10.7. The SMILES string of the molecule is CCCCCCCCC(C(N)=O)C1(C(N)=O)CCCCCC1. The van der Waals surface area contributed by atoms with E-state index in [1.54, 1.807) is 0 Å². The first kappa shape index (κ1) is 19.0. The van der Waals surface area contributed by atoms with Crippen LogP contribution in [0.3, 0.4) is 0 Å². The van der Waals surface area contributed by atoms with Crippen molar-refractivity contribution in [3.63, 3.8) is 0 Å². The molecule has 0 radical (unpaired) electrons. The summed E-state index contributed by atoms with van der Waals surface area (Å²) in [6.45, 7) is 2.20. The topological polar surface area (TPSA) is 86.2 Å². The number of carbonyl (C=O) groups excluding carboxylic acids is 2. The molecule has 4 N–H and O–H groups in total. The molecule has 0 spiro atoms. The molecule has 1 aliphatic rings. The van der Waals surface area contributed by atoms with Crippen molar-refractivity contribution in [2.24, 2.45) is 22.8 Å². The first-order chi connectivity index (χ1) is 10.5. The van der Waals surface area contributed by atoms with Crippen LogP contribution in [0.1, 0.15) is 90.4 Å². The highest BCUT2D eigenvalue weighted by Gasteiger charge is 2.46. The molecule has 1 unspecified atom stereocenters. The van der Waals surface area contributed by atoms with Crippen molar-refractivity contribution in [1.82, 2.24) is 0 Å². The van der Waals surface area contributed by atoms with Gasteiger partial charge >= 0.3 is 0 Å². The Morgan fingerprint density at radius 1 is 0.909 bits per heavy atom. The van der Waals surface area contributed by atoms with E-state index in [-0.39, 0.29) is 17.7 Å². The average molecular weight is 310 g/mol.